The summed E-state index contributed by atoms with van der Waals surface area (Å²) in [7, 11) is 0. The monoisotopic (exact) mass is 337 g/mol. The Labute approximate surface area is 148 Å². The third-order valence-electron chi connectivity index (χ3n) is 5.05. The number of amides is 1. The van der Waals surface area contributed by atoms with E-state index in [1.165, 1.54) is 0 Å². The van der Waals surface area contributed by atoms with Crippen LogP contribution in [-0.2, 0) is 22.6 Å². The first-order valence-corrected chi connectivity index (χ1v) is 8.96. The second kappa shape index (κ2) is 7.28. The predicted molar refractivity (Wildman–Crippen MR) is 94.9 cm³/mol. The quantitative estimate of drug-likeness (QED) is 0.770. The average Bonchev–Trinajstić information content (AvgIpc) is 3.44. The van der Waals surface area contributed by atoms with Crippen LogP contribution in [-0.4, -0.2) is 29.2 Å². The predicted octanol–water partition coefficient (Wildman–Crippen LogP) is 4.15. The number of carbonyl (C=O) groups is 1. The number of benzene rings is 2. The molecule has 2 aromatic carbocycles. The van der Waals surface area contributed by atoms with Crippen molar-refractivity contribution in [2.24, 2.45) is 0 Å². The summed E-state index contributed by atoms with van der Waals surface area (Å²) in [6, 6.07) is 20.1. The molecule has 4 nitrogen and oxygen atoms in total. The van der Waals surface area contributed by atoms with Crippen molar-refractivity contribution in [2.45, 2.75) is 50.7 Å². The topological polar surface area (TPSA) is 42.1 Å². The number of fused-ring (bicyclic) bond motifs is 1. The smallest absolute Gasteiger partial charge is 0.410 e. The highest BCUT2D eigenvalue weighted by Gasteiger charge is 2.46. The fourth-order valence-electron chi connectivity index (χ4n) is 3.59. The Morgan fingerprint density at radius 3 is 2.32 bits per heavy atom. The summed E-state index contributed by atoms with van der Waals surface area (Å²) in [6.45, 7) is 0.886. The summed E-state index contributed by atoms with van der Waals surface area (Å²) >= 11 is 0. The molecule has 0 bridgehead atoms. The van der Waals surface area contributed by atoms with E-state index < -0.39 is 0 Å². The highest BCUT2D eigenvalue weighted by molar-refractivity contribution is 5.68. The van der Waals surface area contributed by atoms with Crippen LogP contribution < -0.4 is 0 Å². The molecule has 1 amide bonds. The Morgan fingerprint density at radius 1 is 0.960 bits per heavy atom. The van der Waals surface area contributed by atoms with Gasteiger partial charge in [-0.25, -0.2) is 4.79 Å². The van der Waals surface area contributed by atoms with Gasteiger partial charge in [0.1, 0.15) is 6.61 Å². The molecule has 2 aromatic rings. The van der Waals surface area contributed by atoms with Crippen molar-refractivity contribution >= 4 is 6.09 Å². The molecular formula is C21H23NO3. The van der Waals surface area contributed by atoms with Gasteiger partial charge in [-0.2, -0.15) is 0 Å². The fraction of sp³-hybridized carbons (Fsp3) is 0.381. The van der Waals surface area contributed by atoms with Crippen LogP contribution in [0.3, 0.4) is 0 Å². The second-order valence-electron chi connectivity index (χ2n) is 6.83. The number of carbonyl (C=O) groups excluding carboxylic acids is 1. The number of ether oxygens (including phenoxy) is 2. The Kier molecular flexibility index (Phi) is 4.70. The molecule has 0 N–H and O–H groups in total. The van der Waals surface area contributed by atoms with E-state index in [1.807, 2.05) is 53.4 Å². The van der Waals surface area contributed by atoms with Crippen LogP contribution >= 0.6 is 0 Å². The maximum Gasteiger partial charge on any atom is 0.410 e. The number of rotatable bonds is 5. The molecule has 4 heteroatoms. The molecule has 1 saturated carbocycles. The van der Waals surface area contributed by atoms with Crippen LogP contribution in [0.1, 0.15) is 30.4 Å². The van der Waals surface area contributed by atoms with Crippen LogP contribution in [0.5, 0.6) is 0 Å². The molecule has 1 heterocycles. The number of epoxide rings is 1. The largest absolute Gasteiger partial charge is 0.445 e. The van der Waals surface area contributed by atoms with Gasteiger partial charge in [0.25, 0.3) is 0 Å². The molecule has 0 unspecified atom stereocenters. The highest BCUT2D eigenvalue weighted by Crippen LogP contribution is 2.38. The molecule has 130 valence electrons. The minimum Gasteiger partial charge on any atom is -0.445 e. The zero-order valence-electron chi connectivity index (χ0n) is 14.2. The van der Waals surface area contributed by atoms with Gasteiger partial charge in [-0.1, -0.05) is 60.7 Å². The summed E-state index contributed by atoms with van der Waals surface area (Å²) in [5.41, 5.74) is 2.13. The van der Waals surface area contributed by atoms with E-state index in [9.17, 15) is 4.79 Å². The minimum absolute atomic E-state index is 0.187. The summed E-state index contributed by atoms with van der Waals surface area (Å²) < 4.78 is 11.2. The van der Waals surface area contributed by atoms with Crippen molar-refractivity contribution < 1.29 is 14.3 Å². The van der Waals surface area contributed by atoms with E-state index in [0.717, 1.165) is 30.4 Å². The molecule has 0 spiro atoms. The van der Waals surface area contributed by atoms with Gasteiger partial charge in [-0.15, -0.1) is 0 Å². The molecule has 25 heavy (non-hydrogen) atoms. The third-order valence-corrected chi connectivity index (χ3v) is 5.05. The molecule has 0 aromatic heterocycles. The Bertz CT molecular complexity index is 704. The molecule has 4 rings (SSSR count). The molecule has 1 aliphatic heterocycles. The first kappa shape index (κ1) is 16.2. The standard InChI is InChI=1S/C21H23NO3/c23-21(24-15-17-9-5-2-6-10-17)22(14-16-7-3-1-4-8-16)18-11-12-19-20(13-18)25-19/h1-10,18-20H,11-15H2/t18-,19+,20-/m0/s1. The molecule has 1 aliphatic carbocycles. The van der Waals surface area contributed by atoms with Crippen molar-refractivity contribution in [3.63, 3.8) is 0 Å². The van der Waals surface area contributed by atoms with Gasteiger partial charge in [-0.05, 0) is 30.4 Å². The number of nitrogens with zero attached hydrogens (tertiary/aromatic N) is 1. The molecule has 2 fully saturated rings. The maximum atomic E-state index is 12.8. The molecule has 1 saturated heterocycles. The van der Waals surface area contributed by atoms with Crippen molar-refractivity contribution in [2.75, 3.05) is 0 Å². The third kappa shape index (κ3) is 4.02. The lowest BCUT2D eigenvalue weighted by Crippen LogP contribution is -2.42. The zero-order chi connectivity index (χ0) is 17.1. The second-order valence-corrected chi connectivity index (χ2v) is 6.83. The van der Waals surface area contributed by atoms with Crippen LogP contribution in [0.25, 0.3) is 0 Å². The van der Waals surface area contributed by atoms with Gasteiger partial charge in [0, 0.05) is 12.6 Å². The summed E-state index contributed by atoms with van der Waals surface area (Å²) in [4.78, 5) is 14.7. The van der Waals surface area contributed by atoms with Gasteiger partial charge in [0.2, 0.25) is 0 Å². The average molecular weight is 337 g/mol. The summed E-state index contributed by atoms with van der Waals surface area (Å²) in [6.07, 6.45) is 3.45. The lowest BCUT2D eigenvalue weighted by atomic mass is 9.94. The normalized spacial score (nSPS) is 24.2. The minimum atomic E-state index is -0.239. The van der Waals surface area contributed by atoms with Crippen LogP contribution in [0, 0.1) is 0 Å². The van der Waals surface area contributed by atoms with Crippen LogP contribution in [0.4, 0.5) is 4.79 Å². The first-order valence-electron chi connectivity index (χ1n) is 8.96. The van der Waals surface area contributed by atoms with Gasteiger partial charge in [-0.3, -0.25) is 0 Å². The van der Waals surface area contributed by atoms with Gasteiger partial charge < -0.3 is 14.4 Å². The Balaban J connectivity index is 1.44. The summed E-state index contributed by atoms with van der Waals surface area (Å²) in [5, 5.41) is 0. The first-order chi connectivity index (χ1) is 12.3. The van der Waals surface area contributed by atoms with Gasteiger partial charge >= 0.3 is 6.09 Å². The van der Waals surface area contributed by atoms with Crippen molar-refractivity contribution in [3.05, 3.63) is 71.8 Å². The molecule has 2 aliphatic rings. The van der Waals surface area contributed by atoms with E-state index in [4.69, 9.17) is 9.47 Å². The van der Waals surface area contributed by atoms with E-state index >= 15 is 0 Å². The SMILES string of the molecule is O=C(OCc1ccccc1)N(Cc1ccccc1)[C@H]1CC[C@H]2O[C@H]2C1. The lowest BCUT2D eigenvalue weighted by molar-refractivity contribution is 0.0701. The van der Waals surface area contributed by atoms with E-state index in [2.05, 4.69) is 12.1 Å². The summed E-state index contributed by atoms with van der Waals surface area (Å²) in [5.74, 6) is 0. The highest BCUT2D eigenvalue weighted by atomic mass is 16.6. The molecule has 3 atom stereocenters. The van der Waals surface area contributed by atoms with Crippen LogP contribution in [0.15, 0.2) is 60.7 Å². The van der Waals surface area contributed by atoms with Gasteiger partial charge in [0.05, 0.1) is 12.2 Å². The van der Waals surface area contributed by atoms with E-state index in [-0.39, 0.29) is 12.1 Å². The van der Waals surface area contributed by atoms with Crippen molar-refractivity contribution in [1.29, 1.82) is 0 Å². The fourth-order valence-corrected chi connectivity index (χ4v) is 3.59. The Morgan fingerprint density at radius 2 is 1.64 bits per heavy atom. The zero-order valence-corrected chi connectivity index (χ0v) is 14.2. The Hall–Kier alpha value is -2.33. The molecular weight excluding hydrogens is 314 g/mol. The lowest BCUT2D eigenvalue weighted by Gasteiger charge is -2.32. The van der Waals surface area contributed by atoms with E-state index in [1.54, 1.807) is 0 Å². The molecule has 0 radical (unpaired) electrons. The van der Waals surface area contributed by atoms with Crippen LogP contribution in [0.2, 0.25) is 0 Å². The maximum absolute atomic E-state index is 12.8. The van der Waals surface area contributed by atoms with Crippen molar-refractivity contribution in [3.8, 4) is 0 Å². The van der Waals surface area contributed by atoms with Gasteiger partial charge in [0.15, 0.2) is 0 Å². The van der Waals surface area contributed by atoms with Crippen molar-refractivity contribution in [1.82, 2.24) is 4.90 Å². The number of hydrogen-bond acceptors (Lipinski definition) is 3. The van der Waals surface area contributed by atoms with E-state index in [0.29, 0.717) is 25.4 Å². The number of hydrogen-bond donors (Lipinski definition) is 0.